The van der Waals surface area contributed by atoms with E-state index in [9.17, 15) is 4.79 Å². The van der Waals surface area contributed by atoms with E-state index in [4.69, 9.17) is 0 Å². The normalized spacial score (nSPS) is 16.5. The number of carbonyl (C=O) groups excluding carboxylic acids is 1. The largest absolute Gasteiger partial charge is 0.343 e. The molecule has 1 aliphatic rings. The molecule has 130 valence electrons. The monoisotopic (exact) mass is 348 g/mol. The number of imidazole rings is 1. The molecule has 3 heterocycles. The van der Waals surface area contributed by atoms with E-state index >= 15 is 0 Å². The third-order valence-corrected chi connectivity index (χ3v) is 5.33. The average Bonchev–Trinajstić information content (AvgIpc) is 3.23. The molecule has 8 heteroatoms. The van der Waals surface area contributed by atoms with Crippen molar-refractivity contribution in [2.75, 3.05) is 31.1 Å². The lowest BCUT2D eigenvalue weighted by Crippen LogP contribution is -2.49. The van der Waals surface area contributed by atoms with E-state index in [1.54, 1.807) is 11.3 Å². The third-order valence-electron chi connectivity index (χ3n) is 4.43. The summed E-state index contributed by atoms with van der Waals surface area (Å²) in [5.41, 5.74) is 0. The maximum atomic E-state index is 12.6. The number of carbonyl (C=O) groups is 1. The van der Waals surface area contributed by atoms with Crippen molar-refractivity contribution in [1.29, 1.82) is 0 Å². The fourth-order valence-electron chi connectivity index (χ4n) is 3.06. The average molecular weight is 348 g/mol. The zero-order valence-electron chi connectivity index (χ0n) is 14.5. The summed E-state index contributed by atoms with van der Waals surface area (Å²) in [6.45, 7) is 9.26. The molecule has 1 atom stereocenters. The number of aryl methyl sites for hydroxylation is 2. The van der Waals surface area contributed by atoms with Crippen LogP contribution in [0.4, 0.5) is 5.13 Å². The van der Waals surface area contributed by atoms with Gasteiger partial charge in [-0.3, -0.25) is 4.79 Å². The first-order chi connectivity index (χ1) is 11.6. The van der Waals surface area contributed by atoms with Gasteiger partial charge in [-0.1, -0.05) is 18.3 Å². The van der Waals surface area contributed by atoms with Crippen LogP contribution in [-0.2, 0) is 11.2 Å². The number of aromatic nitrogens is 4. The number of nitrogens with zero attached hydrogens (tertiary/aromatic N) is 6. The zero-order valence-corrected chi connectivity index (χ0v) is 15.3. The summed E-state index contributed by atoms with van der Waals surface area (Å²) in [5.74, 6) is 1.25. The van der Waals surface area contributed by atoms with E-state index in [1.165, 1.54) is 0 Å². The minimum Gasteiger partial charge on any atom is -0.343 e. The molecule has 0 N–H and O–H groups in total. The van der Waals surface area contributed by atoms with Crippen LogP contribution in [0.15, 0.2) is 12.4 Å². The van der Waals surface area contributed by atoms with Crippen LogP contribution < -0.4 is 4.90 Å². The van der Waals surface area contributed by atoms with E-state index in [-0.39, 0.29) is 11.9 Å². The van der Waals surface area contributed by atoms with Gasteiger partial charge in [0.2, 0.25) is 11.0 Å². The summed E-state index contributed by atoms with van der Waals surface area (Å²) in [5, 5.41) is 10.2. The Labute approximate surface area is 146 Å². The van der Waals surface area contributed by atoms with Gasteiger partial charge in [0, 0.05) is 57.5 Å². The summed E-state index contributed by atoms with van der Waals surface area (Å²) in [7, 11) is 0. The van der Waals surface area contributed by atoms with Gasteiger partial charge in [-0.15, -0.1) is 10.2 Å². The van der Waals surface area contributed by atoms with E-state index in [1.807, 2.05) is 24.2 Å². The highest BCUT2D eigenvalue weighted by molar-refractivity contribution is 7.15. The maximum absolute atomic E-state index is 12.6. The Morgan fingerprint density at radius 3 is 2.67 bits per heavy atom. The van der Waals surface area contributed by atoms with E-state index in [0.717, 1.165) is 48.6 Å². The Morgan fingerprint density at radius 2 is 2.04 bits per heavy atom. The highest BCUT2D eigenvalue weighted by atomic mass is 32.1. The molecular weight excluding hydrogens is 324 g/mol. The number of piperazine rings is 1. The van der Waals surface area contributed by atoms with Crippen LogP contribution in [0, 0.1) is 6.92 Å². The minimum atomic E-state index is 0.138. The van der Waals surface area contributed by atoms with Gasteiger partial charge in [0.05, 0.1) is 0 Å². The van der Waals surface area contributed by atoms with Crippen molar-refractivity contribution in [3.63, 3.8) is 0 Å². The molecule has 7 nitrogen and oxygen atoms in total. The highest BCUT2D eigenvalue weighted by Gasteiger charge is 2.24. The Kier molecular flexibility index (Phi) is 5.13. The lowest BCUT2D eigenvalue weighted by atomic mass is 10.2. The van der Waals surface area contributed by atoms with Gasteiger partial charge in [0.1, 0.15) is 10.8 Å². The first kappa shape index (κ1) is 16.9. The Balaban J connectivity index is 1.53. The van der Waals surface area contributed by atoms with Crippen molar-refractivity contribution in [2.45, 2.75) is 39.7 Å². The van der Waals surface area contributed by atoms with Crippen molar-refractivity contribution in [3.05, 3.63) is 23.2 Å². The highest BCUT2D eigenvalue weighted by Crippen LogP contribution is 2.22. The topological polar surface area (TPSA) is 67.2 Å². The molecule has 0 unspecified atom stereocenters. The predicted molar refractivity (Wildman–Crippen MR) is 94.4 cm³/mol. The summed E-state index contributed by atoms with van der Waals surface area (Å²) in [6.07, 6.45) is 5.17. The molecule has 0 spiro atoms. The quantitative estimate of drug-likeness (QED) is 0.826. The minimum absolute atomic E-state index is 0.138. The van der Waals surface area contributed by atoms with E-state index in [0.29, 0.717) is 6.42 Å². The van der Waals surface area contributed by atoms with Gasteiger partial charge in [-0.25, -0.2) is 4.98 Å². The smallest absolute Gasteiger partial charge is 0.224 e. The van der Waals surface area contributed by atoms with Crippen LogP contribution in [0.2, 0.25) is 0 Å². The van der Waals surface area contributed by atoms with E-state index < -0.39 is 0 Å². The lowest BCUT2D eigenvalue weighted by Gasteiger charge is -2.35. The van der Waals surface area contributed by atoms with Crippen LogP contribution in [0.25, 0.3) is 0 Å². The van der Waals surface area contributed by atoms with Gasteiger partial charge in [-0.2, -0.15) is 0 Å². The van der Waals surface area contributed by atoms with Crippen molar-refractivity contribution < 1.29 is 4.79 Å². The first-order valence-electron chi connectivity index (χ1n) is 8.43. The summed E-state index contributed by atoms with van der Waals surface area (Å²) < 4.78 is 2.11. The summed E-state index contributed by atoms with van der Waals surface area (Å²) in [6, 6.07) is 0.138. The number of hydrogen-bond donors (Lipinski definition) is 0. The van der Waals surface area contributed by atoms with E-state index in [2.05, 4.69) is 38.5 Å². The zero-order chi connectivity index (χ0) is 17.1. The molecule has 1 amide bonds. The van der Waals surface area contributed by atoms with Gasteiger partial charge in [0.15, 0.2) is 0 Å². The number of anilines is 1. The Morgan fingerprint density at radius 1 is 1.29 bits per heavy atom. The summed E-state index contributed by atoms with van der Waals surface area (Å²) >= 11 is 1.61. The molecule has 0 bridgehead atoms. The molecule has 0 aromatic carbocycles. The molecule has 0 aliphatic carbocycles. The second-order valence-electron chi connectivity index (χ2n) is 6.13. The van der Waals surface area contributed by atoms with Crippen molar-refractivity contribution in [2.24, 2.45) is 0 Å². The van der Waals surface area contributed by atoms with Crippen molar-refractivity contribution >= 4 is 22.4 Å². The molecule has 2 aromatic heterocycles. The molecule has 1 aliphatic heterocycles. The second-order valence-corrected chi connectivity index (χ2v) is 7.29. The molecule has 0 saturated carbocycles. The molecule has 2 aromatic rings. The number of hydrogen-bond acceptors (Lipinski definition) is 6. The van der Waals surface area contributed by atoms with Crippen LogP contribution in [0.1, 0.15) is 37.1 Å². The molecule has 1 saturated heterocycles. The fourth-order valence-corrected chi connectivity index (χ4v) is 3.80. The van der Waals surface area contributed by atoms with Crippen LogP contribution >= 0.6 is 11.3 Å². The van der Waals surface area contributed by atoms with Gasteiger partial charge in [0.25, 0.3) is 0 Å². The Hall–Kier alpha value is -1.96. The molecule has 0 radical (unpaired) electrons. The maximum Gasteiger partial charge on any atom is 0.224 e. The third kappa shape index (κ3) is 3.58. The lowest BCUT2D eigenvalue weighted by molar-refractivity contribution is -0.132. The molecule has 24 heavy (non-hydrogen) atoms. The van der Waals surface area contributed by atoms with Crippen molar-refractivity contribution in [3.8, 4) is 0 Å². The molecule has 3 rings (SSSR count). The van der Waals surface area contributed by atoms with Crippen LogP contribution in [-0.4, -0.2) is 56.7 Å². The second kappa shape index (κ2) is 7.29. The number of rotatable bonds is 5. The SMILES string of the molecule is CCc1nccn1[C@@H](C)CC(=O)N1CCN(c2nnc(C)s2)CC1. The summed E-state index contributed by atoms with van der Waals surface area (Å²) in [4.78, 5) is 21.1. The van der Waals surface area contributed by atoms with Gasteiger partial charge in [-0.05, 0) is 13.8 Å². The fraction of sp³-hybridized carbons (Fsp3) is 0.625. The molecular formula is C16H24N6OS. The molecule has 1 fully saturated rings. The predicted octanol–water partition coefficient (Wildman–Crippen LogP) is 1.91. The van der Waals surface area contributed by atoms with Crippen LogP contribution in [0.5, 0.6) is 0 Å². The van der Waals surface area contributed by atoms with Gasteiger partial charge >= 0.3 is 0 Å². The van der Waals surface area contributed by atoms with Crippen molar-refractivity contribution in [1.82, 2.24) is 24.6 Å². The Bertz CT molecular complexity index is 688. The number of amides is 1. The standard InChI is InChI=1S/C16H24N6OS/c1-4-14-17-5-6-22(14)12(2)11-15(23)20-7-9-21(10-8-20)16-19-18-13(3)24-16/h5-6,12H,4,7-11H2,1-3H3/t12-/m0/s1. The van der Waals surface area contributed by atoms with Crippen LogP contribution in [0.3, 0.4) is 0 Å². The van der Waals surface area contributed by atoms with Gasteiger partial charge < -0.3 is 14.4 Å². The first-order valence-corrected chi connectivity index (χ1v) is 9.24.